The zero-order chi connectivity index (χ0) is 9.42. The summed E-state index contributed by atoms with van der Waals surface area (Å²) in [7, 11) is 0. The van der Waals surface area contributed by atoms with Gasteiger partial charge in [-0.1, -0.05) is 12.1 Å². The standard InChI is InChI=1S/C10H11N3/c11-7-4-6-2-1-3-8(12)10(6)9(13)5-7/h1-5H,11-13H2. The summed E-state index contributed by atoms with van der Waals surface area (Å²) in [5, 5.41) is 1.87. The molecule has 6 N–H and O–H groups in total. The fraction of sp³-hybridized carbons (Fsp3) is 0. The van der Waals surface area contributed by atoms with Gasteiger partial charge in [0.05, 0.1) is 0 Å². The Morgan fingerprint density at radius 1 is 0.846 bits per heavy atom. The highest BCUT2D eigenvalue weighted by Gasteiger charge is 2.02. The molecule has 0 saturated carbocycles. The molecule has 0 amide bonds. The van der Waals surface area contributed by atoms with Crippen molar-refractivity contribution in [3.8, 4) is 0 Å². The van der Waals surface area contributed by atoms with E-state index in [2.05, 4.69) is 0 Å². The van der Waals surface area contributed by atoms with Gasteiger partial charge in [0.25, 0.3) is 0 Å². The average molecular weight is 173 g/mol. The van der Waals surface area contributed by atoms with E-state index in [1.807, 2.05) is 24.3 Å². The van der Waals surface area contributed by atoms with Crippen molar-refractivity contribution in [3.63, 3.8) is 0 Å². The van der Waals surface area contributed by atoms with Crippen molar-refractivity contribution >= 4 is 27.8 Å². The molecule has 0 aliphatic carbocycles. The second-order valence-corrected chi connectivity index (χ2v) is 3.06. The Labute approximate surface area is 76.1 Å². The molecule has 0 spiro atoms. The molecule has 0 aliphatic heterocycles. The predicted octanol–water partition coefficient (Wildman–Crippen LogP) is 1.59. The van der Waals surface area contributed by atoms with Gasteiger partial charge in [0, 0.05) is 22.4 Å². The fourth-order valence-electron chi connectivity index (χ4n) is 1.52. The lowest BCUT2D eigenvalue weighted by molar-refractivity contribution is 1.70. The maximum absolute atomic E-state index is 5.80. The van der Waals surface area contributed by atoms with Crippen molar-refractivity contribution in [2.24, 2.45) is 0 Å². The van der Waals surface area contributed by atoms with Gasteiger partial charge in [0.15, 0.2) is 0 Å². The van der Waals surface area contributed by atoms with E-state index in [9.17, 15) is 0 Å². The monoisotopic (exact) mass is 173 g/mol. The third-order valence-corrected chi connectivity index (χ3v) is 2.06. The highest BCUT2D eigenvalue weighted by Crippen LogP contribution is 2.28. The minimum Gasteiger partial charge on any atom is -0.399 e. The maximum Gasteiger partial charge on any atom is 0.0435 e. The van der Waals surface area contributed by atoms with Crippen LogP contribution < -0.4 is 17.2 Å². The molecule has 0 radical (unpaired) electrons. The van der Waals surface area contributed by atoms with E-state index >= 15 is 0 Å². The van der Waals surface area contributed by atoms with Crippen molar-refractivity contribution in [2.45, 2.75) is 0 Å². The van der Waals surface area contributed by atoms with Crippen LogP contribution in [-0.4, -0.2) is 0 Å². The molecule has 0 atom stereocenters. The molecule has 0 unspecified atom stereocenters. The van der Waals surface area contributed by atoms with E-state index in [1.54, 1.807) is 6.07 Å². The summed E-state index contributed by atoms with van der Waals surface area (Å²) in [6.07, 6.45) is 0. The molecule has 3 heteroatoms. The van der Waals surface area contributed by atoms with Gasteiger partial charge < -0.3 is 17.2 Å². The van der Waals surface area contributed by atoms with Crippen molar-refractivity contribution in [1.82, 2.24) is 0 Å². The number of fused-ring (bicyclic) bond motifs is 1. The Bertz CT molecular complexity index is 463. The third-order valence-electron chi connectivity index (χ3n) is 2.06. The molecule has 0 aliphatic rings. The van der Waals surface area contributed by atoms with Gasteiger partial charge in [-0.2, -0.15) is 0 Å². The summed E-state index contributed by atoms with van der Waals surface area (Å²) < 4.78 is 0. The normalized spacial score (nSPS) is 10.5. The lowest BCUT2D eigenvalue weighted by atomic mass is 10.1. The first-order valence-electron chi connectivity index (χ1n) is 4.01. The molecule has 0 bridgehead atoms. The number of rotatable bonds is 0. The number of hydrogen-bond acceptors (Lipinski definition) is 3. The van der Waals surface area contributed by atoms with Gasteiger partial charge in [-0.25, -0.2) is 0 Å². The first-order valence-corrected chi connectivity index (χ1v) is 4.01. The molecule has 0 saturated heterocycles. The number of nitrogens with two attached hydrogens (primary N) is 3. The van der Waals surface area contributed by atoms with Gasteiger partial charge in [-0.15, -0.1) is 0 Å². The highest BCUT2D eigenvalue weighted by molar-refractivity contribution is 6.03. The zero-order valence-corrected chi connectivity index (χ0v) is 7.12. The first-order chi connectivity index (χ1) is 6.18. The van der Waals surface area contributed by atoms with Crippen LogP contribution in [0.3, 0.4) is 0 Å². The molecule has 2 aromatic rings. The van der Waals surface area contributed by atoms with E-state index in [1.165, 1.54) is 0 Å². The highest BCUT2D eigenvalue weighted by atomic mass is 14.6. The van der Waals surface area contributed by atoms with Crippen LogP contribution in [0.15, 0.2) is 30.3 Å². The van der Waals surface area contributed by atoms with Gasteiger partial charge in [-0.05, 0) is 23.6 Å². The van der Waals surface area contributed by atoms with Crippen molar-refractivity contribution in [2.75, 3.05) is 17.2 Å². The summed E-state index contributed by atoms with van der Waals surface area (Å²) in [5.74, 6) is 0. The van der Waals surface area contributed by atoms with E-state index in [4.69, 9.17) is 17.2 Å². The fourth-order valence-corrected chi connectivity index (χ4v) is 1.52. The lowest BCUT2D eigenvalue weighted by Crippen LogP contribution is -1.95. The summed E-state index contributed by atoms with van der Waals surface area (Å²) in [6, 6.07) is 9.24. The van der Waals surface area contributed by atoms with Crippen molar-refractivity contribution in [3.05, 3.63) is 30.3 Å². The van der Waals surface area contributed by atoms with Crippen LogP contribution in [0.4, 0.5) is 17.1 Å². The Balaban J connectivity index is 2.94. The predicted molar refractivity (Wildman–Crippen MR) is 57.2 cm³/mol. The quantitative estimate of drug-likeness (QED) is 0.529. The summed E-state index contributed by atoms with van der Waals surface area (Å²) in [5.41, 5.74) is 19.2. The molecule has 13 heavy (non-hydrogen) atoms. The van der Waals surface area contributed by atoms with Gasteiger partial charge in [0.1, 0.15) is 0 Å². The topological polar surface area (TPSA) is 78.1 Å². The van der Waals surface area contributed by atoms with E-state index in [0.717, 1.165) is 10.8 Å². The molecule has 0 fully saturated rings. The number of anilines is 3. The van der Waals surface area contributed by atoms with Crippen LogP contribution in [0.2, 0.25) is 0 Å². The Morgan fingerprint density at radius 3 is 2.38 bits per heavy atom. The molecule has 66 valence electrons. The van der Waals surface area contributed by atoms with Crippen LogP contribution >= 0.6 is 0 Å². The van der Waals surface area contributed by atoms with E-state index in [-0.39, 0.29) is 0 Å². The molecular weight excluding hydrogens is 162 g/mol. The molecule has 2 aromatic carbocycles. The summed E-state index contributed by atoms with van der Waals surface area (Å²) >= 11 is 0. The Kier molecular flexibility index (Phi) is 1.52. The lowest BCUT2D eigenvalue weighted by Gasteiger charge is -2.06. The second kappa shape index (κ2) is 2.55. The zero-order valence-electron chi connectivity index (χ0n) is 7.12. The number of nitrogen functional groups attached to an aromatic ring is 3. The molecule has 2 rings (SSSR count). The van der Waals surface area contributed by atoms with Crippen LogP contribution in [0, 0.1) is 0 Å². The second-order valence-electron chi connectivity index (χ2n) is 3.06. The van der Waals surface area contributed by atoms with Crippen LogP contribution in [-0.2, 0) is 0 Å². The van der Waals surface area contributed by atoms with Gasteiger partial charge >= 0.3 is 0 Å². The van der Waals surface area contributed by atoms with E-state index in [0.29, 0.717) is 17.1 Å². The average Bonchev–Trinajstić information content (AvgIpc) is 2.02. The van der Waals surface area contributed by atoms with Gasteiger partial charge in [0.2, 0.25) is 0 Å². The van der Waals surface area contributed by atoms with Crippen LogP contribution in [0.1, 0.15) is 0 Å². The number of hydrogen-bond donors (Lipinski definition) is 3. The molecule has 3 nitrogen and oxygen atoms in total. The first kappa shape index (κ1) is 7.73. The number of benzene rings is 2. The smallest absolute Gasteiger partial charge is 0.0435 e. The molecule has 0 aromatic heterocycles. The molecular formula is C10H11N3. The van der Waals surface area contributed by atoms with Crippen LogP contribution in [0.25, 0.3) is 10.8 Å². The molecule has 0 heterocycles. The van der Waals surface area contributed by atoms with E-state index < -0.39 is 0 Å². The third kappa shape index (κ3) is 1.14. The maximum atomic E-state index is 5.80. The minimum absolute atomic E-state index is 0.633. The summed E-state index contributed by atoms with van der Waals surface area (Å²) in [6.45, 7) is 0. The van der Waals surface area contributed by atoms with Crippen molar-refractivity contribution in [1.29, 1.82) is 0 Å². The minimum atomic E-state index is 0.633. The van der Waals surface area contributed by atoms with Crippen molar-refractivity contribution < 1.29 is 0 Å². The Morgan fingerprint density at radius 2 is 1.62 bits per heavy atom. The largest absolute Gasteiger partial charge is 0.399 e. The summed E-state index contributed by atoms with van der Waals surface area (Å²) in [4.78, 5) is 0. The SMILES string of the molecule is Nc1cc(N)c2c(N)cccc2c1. The van der Waals surface area contributed by atoms with Gasteiger partial charge in [-0.3, -0.25) is 0 Å². The Hall–Kier alpha value is -1.90. The van der Waals surface area contributed by atoms with Crippen LogP contribution in [0.5, 0.6) is 0 Å².